The predicted octanol–water partition coefficient (Wildman–Crippen LogP) is 2.98. The van der Waals surface area contributed by atoms with E-state index in [2.05, 4.69) is 11.3 Å². The number of carbonyl (C=O) groups is 2. The molecule has 126 valence electrons. The van der Waals surface area contributed by atoms with Crippen molar-refractivity contribution in [3.8, 4) is 0 Å². The molecule has 0 bridgehead atoms. The Balaban J connectivity index is 2.18. The van der Waals surface area contributed by atoms with E-state index in [0.29, 0.717) is 6.92 Å². The molecular formula is C15H22F2O5. The topological polar surface area (TPSA) is 61.8 Å². The normalized spacial score (nSPS) is 16.1. The van der Waals surface area contributed by atoms with Crippen molar-refractivity contribution in [3.63, 3.8) is 0 Å². The zero-order valence-corrected chi connectivity index (χ0v) is 12.7. The van der Waals surface area contributed by atoms with Crippen LogP contribution in [0.3, 0.4) is 0 Å². The van der Waals surface area contributed by atoms with Crippen molar-refractivity contribution >= 4 is 11.9 Å². The van der Waals surface area contributed by atoms with E-state index in [1.54, 1.807) is 0 Å². The van der Waals surface area contributed by atoms with Crippen LogP contribution in [0.25, 0.3) is 0 Å². The van der Waals surface area contributed by atoms with Crippen LogP contribution in [0.2, 0.25) is 0 Å². The van der Waals surface area contributed by atoms with Crippen LogP contribution in [0.5, 0.6) is 0 Å². The number of alkyl halides is 2. The summed E-state index contributed by atoms with van der Waals surface area (Å²) in [6.45, 7) is 2.78. The molecule has 22 heavy (non-hydrogen) atoms. The molecule has 1 aliphatic rings. The average Bonchev–Trinajstić information content (AvgIpc) is 2.45. The van der Waals surface area contributed by atoms with Crippen LogP contribution in [0.1, 0.15) is 45.4 Å². The molecule has 0 aromatic heterocycles. The molecule has 0 amide bonds. The highest BCUT2D eigenvalue weighted by molar-refractivity contribution is 5.93. The molecule has 0 unspecified atom stereocenters. The standard InChI is InChI=1S/C15H22F2O5/c1-11(8-13(18)20-9-15(2,16)17)14(19)22-10-21-12-6-4-3-5-7-12/h12H,1,3-10H2,2H3. The van der Waals surface area contributed by atoms with E-state index in [0.717, 1.165) is 25.7 Å². The molecule has 7 heteroatoms. The zero-order chi connectivity index (χ0) is 16.6. The summed E-state index contributed by atoms with van der Waals surface area (Å²) >= 11 is 0. The minimum atomic E-state index is -3.11. The van der Waals surface area contributed by atoms with E-state index in [1.807, 2.05) is 0 Å². The summed E-state index contributed by atoms with van der Waals surface area (Å²) < 4.78 is 39.6. The largest absolute Gasteiger partial charge is 0.459 e. The van der Waals surface area contributed by atoms with Crippen molar-refractivity contribution < 1.29 is 32.6 Å². The van der Waals surface area contributed by atoms with Gasteiger partial charge in [0.15, 0.2) is 13.4 Å². The second-order valence-corrected chi connectivity index (χ2v) is 5.49. The monoisotopic (exact) mass is 320 g/mol. The molecule has 5 nitrogen and oxygen atoms in total. The maximum atomic E-state index is 12.5. The van der Waals surface area contributed by atoms with Crippen LogP contribution in [0.15, 0.2) is 12.2 Å². The molecule has 0 heterocycles. The highest BCUT2D eigenvalue weighted by atomic mass is 19.3. The van der Waals surface area contributed by atoms with Crippen LogP contribution < -0.4 is 0 Å². The third-order valence-corrected chi connectivity index (χ3v) is 3.18. The van der Waals surface area contributed by atoms with Crippen LogP contribution in [0.4, 0.5) is 8.78 Å². The SMILES string of the molecule is C=C(CC(=O)OCC(C)(F)F)C(=O)OCOC1CCCCC1. The average molecular weight is 320 g/mol. The molecule has 0 radical (unpaired) electrons. The quantitative estimate of drug-likeness (QED) is 0.391. The van der Waals surface area contributed by atoms with Gasteiger partial charge in [0, 0.05) is 12.5 Å². The molecule has 0 aromatic carbocycles. The highest BCUT2D eigenvalue weighted by Crippen LogP contribution is 2.20. The third-order valence-electron chi connectivity index (χ3n) is 3.18. The second-order valence-electron chi connectivity index (χ2n) is 5.49. The lowest BCUT2D eigenvalue weighted by Gasteiger charge is -2.21. The van der Waals surface area contributed by atoms with Gasteiger partial charge >= 0.3 is 11.9 Å². The number of carbonyl (C=O) groups excluding carboxylic acids is 2. The van der Waals surface area contributed by atoms with Gasteiger partial charge in [0.25, 0.3) is 5.92 Å². The molecule has 0 saturated heterocycles. The van der Waals surface area contributed by atoms with Crippen LogP contribution in [0, 0.1) is 0 Å². The van der Waals surface area contributed by atoms with Gasteiger partial charge < -0.3 is 14.2 Å². The van der Waals surface area contributed by atoms with Crippen molar-refractivity contribution in [2.75, 3.05) is 13.4 Å². The Morgan fingerprint density at radius 3 is 2.41 bits per heavy atom. The van der Waals surface area contributed by atoms with Gasteiger partial charge in [-0.1, -0.05) is 25.8 Å². The number of esters is 2. The fourth-order valence-electron chi connectivity index (χ4n) is 2.02. The van der Waals surface area contributed by atoms with Crippen molar-refractivity contribution in [2.45, 2.75) is 57.5 Å². The molecular weight excluding hydrogens is 298 g/mol. The lowest BCUT2D eigenvalue weighted by atomic mass is 9.98. The van der Waals surface area contributed by atoms with Crippen molar-refractivity contribution in [3.05, 3.63) is 12.2 Å². The summed E-state index contributed by atoms with van der Waals surface area (Å²) in [6.07, 6.45) is 4.87. The summed E-state index contributed by atoms with van der Waals surface area (Å²) in [5.74, 6) is -4.85. The van der Waals surface area contributed by atoms with E-state index in [-0.39, 0.29) is 18.5 Å². The van der Waals surface area contributed by atoms with Gasteiger partial charge in [-0.2, -0.15) is 0 Å². The minimum absolute atomic E-state index is 0.0894. The summed E-state index contributed by atoms with van der Waals surface area (Å²) in [4.78, 5) is 22.8. The van der Waals surface area contributed by atoms with Crippen LogP contribution in [-0.4, -0.2) is 37.4 Å². The summed E-state index contributed by atoms with van der Waals surface area (Å²) in [6, 6.07) is 0. The lowest BCUT2D eigenvalue weighted by molar-refractivity contribution is -0.160. The Kier molecular flexibility index (Phi) is 7.44. The first-order valence-electron chi connectivity index (χ1n) is 7.28. The molecule has 0 aliphatic heterocycles. The third kappa shape index (κ3) is 8.07. The minimum Gasteiger partial charge on any atom is -0.459 e. The fourth-order valence-corrected chi connectivity index (χ4v) is 2.02. The van der Waals surface area contributed by atoms with Gasteiger partial charge in [-0.15, -0.1) is 0 Å². The molecule has 0 spiro atoms. The highest BCUT2D eigenvalue weighted by Gasteiger charge is 2.24. The van der Waals surface area contributed by atoms with Gasteiger partial charge in [0.05, 0.1) is 12.5 Å². The van der Waals surface area contributed by atoms with E-state index in [4.69, 9.17) is 9.47 Å². The number of hydrogen-bond donors (Lipinski definition) is 0. The Morgan fingerprint density at radius 2 is 1.82 bits per heavy atom. The number of hydrogen-bond acceptors (Lipinski definition) is 5. The number of ether oxygens (including phenoxy) is 3. The zero-order valence-electron chi connectivity index (χ0n) is 12.7. The first-order valence-corrected chi connectivity index (χ1v) is 7.28. The summed E-state index contributed by atoms with van der Waals surface area (Å²) in [7, 11) is 0. The molecule has 0 aromatic rings. The second kappa shape index (κ2) is 8.82. The molecule has 0 atom stereocenters. The Morgan fingerprint density at radius 1 is 1.18 bits per heavy atom. The van der Waals surface area contributed by atoms with Crippen molar-refractivity contribution in [1.82, 2.24) is 0 Å². The lowest BCUT2D eigenvalue weighted by Crippen LogP contribution is -2.23. The van der Waals surface area contributed by atoms with Crippen molar-refractivity contribution in [1.29, 1.82) is 0 Å². The fraction of sp³-hybridized carbons (Fsp3) is 0.733. The van der Waals surface area contributed by atoms with Crippen LogP contribution in [-0.2, 0) is 23.8 Å². The van der Waals surface area contributed by atoms with Gasteiger partial charge in [-0.25, -0.2) is 13.6 Å². The molecule has 1 fully saturated rings. The van der Waals surface area contributed by atoms with E-state index < -0.39 is 30.9 Å². The summed E-state index contributed by atoms with van der Waals surface area (Å²) in [5, 5.41) is 0. The van der Waals surface area contributed by atoms with Gasteiger partial charge in [0.2, 0.25) is 0 Å². The maximum Gasteiger partial charge on any atom is 0.336 e. The van der Waals surface area contributed by atoms with Crippen molar-refractivity contribution in [2.24, 2.45) is 0 Å². The first kappa shape index (κ1) is 18.5. The van der Waals surface area contributed by atoms with Gasteiger partial charge in [-0.3, -0.25) is 4.79 Å². The molecule has 1 rings (SSSR count). The van der Waals surface area contributed by atoms with E-state index >= 15 is 0 Å². The predicted molar refractivity (Wildman–Crippen MR) is 74.3 cm³/mol. The Bertz CT molecular complexity index is 397. The van der Waals surface area contributed by atoms with Crippen LogP contribution >= 0.6 is 0 Å². The Hall–Kier alpha value is -1.50. The van der Waals surface area contributed by atoms with E-state index in [1.165, 1.54) is 6.42 Å². The number of halogens is 2. The summed E-state index contributed by atoms with van der Waals surface area (Å²) in [5.41, 5.74) is -0.156. The maximum absolute atomic E-state index is 12.5. The first-order chi connectivity index (χ1) is 10.3. The van der Waals surface area contributed by atoms with E-state index in [9.17, 15) is 18.4 Å². The number of rotatable bonds is 8. The Labute approximate surface area is 128 Å². The molecule has 0 N–H and O–H groups in total. The molecule has 1 saturated carbocycles. The smallest absolute Gasteiger partial charge is 0.336 e. The van der Waals surface area contributed by atoms with Gasteiger partial charge in [-0.05, 0) is 12.8 Å². The molecule has 1 aliphatic carbocycles. The van der Waals surface area contributed by atoms with Gasteiger partial charge in [0.1, 0.15) is 0 Å².